The molecule has 2 aliphatic heterocycles. The number of fused-ring (bicyclic) bond motifs is 1. The fraction of sp³-hybridized carbons (Fsp3) is 0.370. The maximum absolute atomic E-state index is 13.6. The fourth-order valence-electron chi connectivity index (χ4n) is 5.16. The maximum Gasteiger partial charge on any atom is 0.416 e. The molecule has 0 bridgehead atoms. The molecule has 3 aromatic rings. The first-order valence-corrected chi connectivity index (χ1v) is 13.7. The van der Waals surface area contributed by atoms with Crippen molar-refractivity contribution in [3.8, 4) is 0 Å². The van der Waals surface area contributed by atoms with E-state index in [0.717, 1.165) is 19.0 Å². The Labute approximate surface area is 240 Å². The van der Waals surface area contributed by atoms with Gasteiger partial charge in [0.25, 0.3) is 5.91 Å². The number of carbonyl (C=O) groups is 2. The van der Waals surface area contributed by atoms with Crippen LogP contribution >= 0.6 is 11.8 Å². The Morgan fingerprint density at radius 3 is 2.62 bits per heavy atom. The summed E-state index contributed by atoms with van der Waals surface area (Å²) >= 11 is 1.35. The highest BCUT2D eigenvalue weighted by atomic mass is 32.2. The molecule has 15 heteroatoms. The SMILES string of the molecule is CN(C1CCN(CC(N)=O)C1)C1NC(=O)/C(=C/c2ccc3c(cnn3Cc3ccc(C(F)(F)F)cc3C(F)(F)F)c2)S1. The third-order valence-corrected chi connectivity index (χ3v) is 8.55. The number of aromatic nitrogens is 2. The summed E-state index contributed by atoms with van der Waals surface area (Å²) in [6.07, 6.45) is -5.91. The van der Waals surface area contributed by atoms with Gasteiger partial charge in [-0.1, -0.05) is 23.9 Å². The number of rotatable bonds is 7. The minimum Gasteiger partial charge on any atom is -0.369 e. The normalized spacial score (nSPS) is 21.1. The van der Waals surface area contributed by atoms with E-state index in [-0.39, 0.29) is 48.1 Å². The molecule has 5 rings (SSSR count). The lowest BCUT2D eigenvalue weighted by Gasteiger charge is -2.29. The summed E-state index contributed by atoms with van der Waals surface area (Å²) in [5, 5.41) is 7.69. The van der Waals surface area contributed by atoms with Crippen LogP contribution in [0.3, 0.4) is 0 Å². The Kier molecular flexibility index (Phi) is 8.02. The van der Waals surface area contributed by atoms with Crippen molar-refractivity contribution in [2.45, 2.75) is 36.9 Å². The number of hydrogen-bond acceptors (Lipinski definition) is 6. The van der Waals surface area contributed by atoms with Gasteiger partial charge in [-0.15, -0.1) is 0 Å². The molecule has 2 fully saturated rings. The Morgan fingerprint density at radius 1 is 1.17 bits per heavy atom. The minimum atomic E-state index is -4.98. The molecule has 8 nitrogen and oxygen atoms in total. The number of likely N-dealkylation sites (tertiary alicyclic amines) is 1. The van der Waals surface area contributed by atoms with Crippen LogP contribution in [0.4, 0.5) is 26.3 Å². The van der Waals surface area contributed by atoms with Gasteiger partial charge in [-0.2, -0.15) is 31.4 Å². The number of primary amides is 1. The van der Waals surface area contributed by atoms with Crippen LogP contribution in [0.2, 0.25) is 0 Å². The molecule has 2 amide bonds. The van der Waals surface area contributed by atoms with Crippen LogP contribution in [0, 0.1) is 0 Å². The molecule has 224 valence electrons. The van der Waals surface area contributed by atoms with Crippen molar-refractivity contribution < 1.29 is 35.9 Å². The van der Waals surface area contributed by atoms with E-state index in [1.165, 1.54) is 22.6 Å². The summed E-state index contributed by atoms with van der Waals surface area (Å²) in [4.78, 5) is 28.4. The zero-order valence-corrected chi connectivity index (χ0v) is 23.0. The molecule has 2 atom stereocenters. The van der Waals surface area contributed by atoms with Crippen LogP contribution in [0.25, 0.3) is 17.0 Å². The van der Waals surface area contributed by atoms with E-state index in [4.69, 9.17) is 5.73 Å². The van der Waals surface area contributed by atoms with Crippen molar-refractivity contribution in [1.29, 1.82) is 0 Å². The second-order valence-electron chi connectivity index (χ2n) is 10.2. The van der Waals surface area contributed by atoms with Crippen molar-refractivity contribution in [2.24, 2.45) is 5.73 Å². The van der Waals surface area contributed by atoms with Crippen molar-refractivity contribution in [2.75, 3.05) is 26.7 Å². The highest BCUT2D eigenvalue weighted by molar-refractivity contribution is 8.05. The molecule has 42 heavy (non-hydrogen) atoms. The van der Waals surface area contributed by atoms with Crippen LogP contribution in [0.1, 0.15) is 28.7 Å². The van der Waals surface area contributed by atoms with Gasteiger partial charge >= 0.3 is 12.4 Å². The highest BCUT2D eigenvalue weighted by Crippen LogP contribution is 2.38. The summed E-state index contributed by atoms with van der Waals surface area (Å²) in [5.41, 5.74) is 3.04. The van der Waals surface area contributed by atoms with Crippen LogP contribution in [-0.4, -0.2) is 69.6 Å². The van der Waals surface area contributed by atoms with Crippen LogP contribution < -0.4 is 11.1 Å². The second-order valence-corrected chi connectivity index (χ2v) is 11.4. The van der Waals surface area contributed by atoms with E-state index >= 15 is 0 Å². The fourth-order valence-corrected chi connectivity index (χ4v) is 6.27. The molecule has 0 saturated carbocycles. The lowest BCUT2D eigenvalue weighted by atomic mass is 10.0. The predicted octanol–water partition coefficient (Wildman–Crippen LogP) is 4.10. The summed E-state index contributed by atoms with van der Waals surface area (Å²) in [5.74, 6) is -0.637. The molecule has 2 saturated heterocycles. The molecule has 2 aromatic carbocycles. The van der Waals surface area contributed by atoms with Crippen molar-refractivity contribution in [3.05, 3.63) is 69.8 Å². The molecular formula is C27H26F6N6O2S. The Balaban J connectivity index is 1.31. The number of nitrogens with zero attached hydrogens (tertiary/aromatic N) is 4. The average molecular weight is 613 g/mol. The maximum atomic E-state index is 13.6. The molecule has 0 spiro atoms. The Morgan fingerprint density at radius 2 is 1.93 bits per heavy atom. The van der Waals surface area contributed by atoms with Crippen LogP contribution in [0.15, 0.2) is 47.5 Å². The smallest absolute Gasteiger partial charge is 0.369 e. The van der Waals surface area contributed by atoms with E-state index in [9.17, 15) is 35.9 Å². The van der Waals surface area contributed by atoms with E-state index in [2.05, 4.69) is 10.4 Å². The number of thioether (sulfide) groups is 1. The molecule has 0 aliphatic carbocycles. The number of likely N-dealkylation sites (N-methyl/N-ethyl adjacent to an activating group) is 1. The van der Waals surface area contributed by atoms with Crippen molar-refractivity contribution in [3.63, 3.8) is 0 Å². The second kappa shape index (κ2) is 11.3. The number of nitrogens with one attached hydrogen (secondary N) is 1. The molecule has 3 heterocycles. The summed E-state index contributed by atoms with van der Waals surface area (Å²) in [6, 6.07) is 6.75. The number of alkyl halides is 6. The number of carbonyl (C=O) groups excluding carboxylic acids is 2. The van der Waals surface area contributed by atoms with Gasteiger partial charge in [0.1, 0.15) is 5.50 Å². The summed E-state index contributed by atoms with van der Waals surface area (Å²) in [7, 11) is 1.90. The standard InChI is InChI=1S/C27H26F6N6O2S/c1-37(19-6-7-38(13-19)14-23(34)40)25-36-24(41)22(42-25)9-15-2-5-21-17(8-15)11-35-39(21)12-16-3-4-18(26(28,29)30)10-20(16)27(31,32)33/h2-5,8-11,19,25H,6-7,12-14H2,1H3,(H2,34,40)(H,36,41)/b22-9-. The van der Waals surface area contributed by atoms with Crippen LogP contribution in [0.5, 0.6) is 0 Å². The quantitative estimate of drug-likeness (QED) is 0.308. The van der Waals surface area contributed by atoms with E-state index in [1.807, 2.05) is 16.8 Å². The van der Waals surface area contributed by atoms with Crippen LogP contribution in [-0.2, 0) is 28.5 Å². The van der Waals surface area contributed by atoms with E-state index < -0.39 is 23.5 Å². The molecule has 3 N–H and O–H groups in total. The molecule has 0 radical (unpaired) electrons. The van der Waals surface area contributed by atoms with E-state index in [0.29, 0.717) is 34.0 Å². The van der Waals surface area contributed by atoms with Crippen molar-refractivity contribution in [1.82, 2.24) is 24.9 Å². The number of nitrogens with two attached hydrogens (primary N) is 1. The monoisotopic (exact) mass is 612 g/mol. The van der Waals surface area contributed by atoms with Gasteiger partial charge < -0.3 is 11.1 Å². The number of hydrogen-bond donors (Lipinski definition) is 2. The number of benzene rings is 2. The van der Waals surface area contributed by atoms with Gasteiger partial charge in [0.2, 0.25) is 5.91 Å². The highest BCUT2D eigenvalue weighted by Gasteiger charge is 2.39. The first kappa shape index (κ1) is 29.9. The Bertz CT molecular complexity index is 1550. The molecule has 2 unspecified atom stereocenters. The largest absolute Gasteiger partial charge is 0.416 e. The van der Waals surface area contributed by atoms with Gasteiger partial charge in [0, 0.05) is 24.5 Å². The number of halogens is 6. The lowest BCUT2D eigenvalue weighted by Crippen LogP contribution is -2.46. The average Bonchev–Trinajstić information content (AvgIpc) is 3.61. The van der Waals surface area contributed by atoms with Gasteiger partial charge in [-0.05, 0) is 54.9 Å². The molecular weight excluding hydrogens is 586 g/mol. The lowest BCUT2D eigenvalue weighted by molar-refractivity contribution is -0.143. The summed E-state index contributed by atoms with van der Waals surface area (Å²) in [6.45, 7) is 1.19. The first-order chi connectivity index (χ1) is 19.7. The molecule has 1 aromatic heterocycles. The van der Waals surface area contributed by atoms with Gasteiger partial charge in [-0.25, -0.2) is 0 Å². The molecule has 2 aliphatic rings. The summed E-state index contributed by atoms with van der Waals surface area (Å²) < 4.78 is 81.2. The Hall–Kier alpha value is -3.56. The topological polar surface area (TPSA) is 96.5 Å². The predicted molar refractivity (Wildman–Crippen MR) is 145 cm³/mol. The van der Waals surface area contributed by atoms with E-state index in [1.54, 1.807) is 24.3 Å². The third kappa shape index (κ3) is 6.42. The zero-order valence-electron chi connectivity index (χ0n) is 22.2. The van der Waals surface area contributed by atoms with Gasteiger partial charge in [0.05, 0.1) is 40.8 Å². The van der Waals surface area contributed by atoms with Gasteiger partial charge in [-0.3, -0.25) is 24.1 Å². The zero-order chi connectivity index (χ0) is 30.4. The first-order valence-electron chi connectivity index (χ1n) is 12.8. The minimum absolute atomic E-state index is 0.115. The number of amides is 2. The third-order valence-electron chi connectivity index (χ3n) is 7.32. The van der Waals surface area contributed by atoms with Gasteiger partial charge in [0.15, 0.2) is 0 Å². The van der Waals surface area contributed by atoms with Crippen molar-refractivity contribution >= 4 is 40.6 Å².